The third-order valence-electron chi connectivity index (χ3n) is 1.49. The van der Waals surface area contributed by atoms with Gasteiger partial charge in [-0.2, -0.15) is 0 Å². The van der Waals surface area contributed by atoms with Crippen molar-refractivity contribution >= 4 is 5.71 Å². The molecular formula is C9H19NO. The molecule has 0 fully saturated rings. The van der Waals surface area contributed by atoms with Crippen LogP contribution in [0.3, 0.4) is 0 Å². The highest BCUT2D eigenvalue weighted by molar-refractivity contribution is 5.86. The van der Waals surface area contributed by atoms with E-state index in [-0.39, 0.29) is 11.5 Å². The van der Waals surface area contributed by atoms with E-state index in [9.17, 15) is 0 Å². The van der Waals surface area contributed by atoms with E-state index in [1.165, 1.54) is 0 Å². The van der Waals surface area contributed by atoms with E-state index in [0.29, 0.717) is 0 Å². The smallest absolute Gasteiger partial charge is 0.122 e. The van der Waals surface area contributed by atoms with Crippen molar-refractivity contribution in [2.75, 3.05) is 0 Å². The first-order chi connectivity index (χ1) is 4.84. The summed E-state index contributed by atoms with van der Waals surface area (Å²) in [4.78, 5) is 5.12. The first kappa shape index (κ1) is 10.5. The summed E-state index contributed by atoms with van der Waals surface area (Å²) < 4.78 is 0. The van der Waals surface area contributed by atoms with Crippen molar-refractivity contribution in [1.29, 1.82) is 0 Å². The van der Waals surface area contributed by atoms with Crippen LogP contribution in [0.25, 0.3) is 0 Å². The van der Waals surface area contributed by atoms with Gasteiger partial charge in [0.05, 0.1) is 5.71 Å². The fraction of sp³-hybridized carbons (Fsp3) is 0.889. The molecule has 0 aliphatic heterocycles. The van der Waals surface area contributed by atoms with Crippen molar-refractivity contribution in [2.24, 2.45) is 10.6 Å². The van der Waals surface area contributed by atoms with E-state index in [0.717, 1.165) is 5.71 Å². The van der Waals surface area contributed by atoms with Gasteiger partial charge in [0.25, 0.3) is 0 Å². The summed E-state index contributed by atoms with van der Waals surface area (Å²) in [5, 5.41) is 4.01. The zero-order chi connectivity index (χ0) is 9.07. The van der Waals surface area contributed by atoms with Crippen LogP contribution < -0.4 is 0 Å². The van der Waals surface area contributed by atoms with Crippen molar-refractivity contribution in [3.8, 4) is 0 Å². The van der Waals surface area contributed by atoms with E-state index >= 15 is 0 Å². The maximum Gasteiger partial charge on any atom is 0.122 e. The fourth-order valence-electron chi connectivity index (χ4n) is 0.321. The van der Waals surface area contributed by atoms with Gasteiger partial charge in [0.15, 0.2) is 0 Å². The van der Waals surface area contributed by atoms with Crippen molar-refractivity contribution in [1.82, 2.24) is 0 Å². The summed E-state index contributed by atoms with van der Waals surface area (Å²) in [5.74, 6) is 0. The molecule has 0 unspecified atom stereocenters. The highest BCUT2D eigenvalue weighted by Crippen LogP contribution is 2.15. The second-order valence-electron chi connectivity index (χ2n) is 4.08. The van der Waals surface area contributed by atoms with Gasteiger partial charge >= 0.3 is 0 Å². The minimum absolute atomic E-state index is 0.120. The van der Waals surface area contributed by atoms with Crippen LogP contribution in [-0.2, 0) is 4.84 Å². The Morgan fingerprint density at radius 3 is 2.00 bits per heavy atom. The molecule has 0 spiro atoms. The van der Waals surface area contributed by atoms with E-state index in [4.69, 9.17) is 4.84 Å². The molecule has 0 N–H and O–H groups in total. The summed E-state index contributed by atoms with van der Waals surface area (Å²) in [6, 6.07) is 0. The zero-order valence-electron chi connectivity index (χ0n) is 8.43. The van der Waals surface area contributed by atoms with E-state index in [1.807, 2.05) is 20.8 Å². The monoisotopic (exact) mass is 157 g/mol. The van der Waals surface area contributed by atoms with Gasteiger partial charge in [-0.25, -0.2) is 0 Å². The van der Waals surface area contributed by atoms with Gasteiger partial charge in [0, 0.05) is 5.41 Å². The summed E-state index contributed by atoms with van der Waals surface area (Å²) in [6.07, 6.45) is 0.173. The number of hydrogen-bond donors (Lipinski definition) is 0. The quantitative estimate of drug-likeness (QED) is 0.446. The maximum absolute atomic E-state index is 5.12. The summed E-state index contributed by atoms with van der Waals surface area (Å²) in [7, 11) is 0. The lowest BCUT2D eigenvalue weighted by Crippen LogP contribution is -2.17. The SMILES string of the molecule is C/C(=N\OC(C)C)C(C)(C)C. The molecule has 0 atom stereocenters. The van der Waals surface area contributed by atoms with Gasteiger partial charge < -0.3 is 4.84 Å². The van der Waals surface area contributed by atoms with Crippen LogP contribution in [0.5, 0.6) is 0 Å². The Bertz CT molecular complexity index is 142. The van der Waals surface area contributed by atoms with E-state index in [2.05, 4.69) is 25.9 Å². The molecule has 0 aromatic heterocycles. The Labute approximate surface area is 69.6 Å². The number of hydrogen-bond acceptors (Lipinski definition) is 2. The van der Waals surface area contributed by atoms with Crippen LogP contribution in [0.2, 0.25) is 0 Å². The average Bonchev–Trinajstić information content (AvgIpc) is 1.80. The van der Waals surface area contributed by atoms with Crippen LogP contribution in [0, 0.1) is 5.41 Å². The van der Waals surface area contributed by atoms with Gasteiger partial charge in [0.2, 0.25) is 0 Å². The Hall–Kier alpha value is -0.530. The average molecular weight is 157 g/mol. The van der Waals surface area contributed by atoms with Gasteiger partial charge in [-0.1, -0.05) is 25.9 Å². The number of rotatable bonds is 2. The normalized spacial score (nSPS) is 13.9. The third-order valence-corrected chi connectivity index (χ3v) is 1.49. The maximum atomic E-state index is 5.12. The Kier molecular flexibility index (Phi) is 3.56. The third kappa shape index (κ3) is 4.82. The zero-order valence-corrected chi connectivity index (χ0v) is 8.43. The van der Waals surface area contributed by atoms with Crippen molar-refractivity contribution < 1.29 is 4.84 Å². The Morgan fingerprint density at radius 2 is 1.73 bits per heavy atom. The first-order valence-electron chi connectivity index (χ1n) is 4.05. The molecule has 0 radical (unpaired) electrons. The largest absolute Gasteiger partial charge is 0.393 e. The van der Waals surface area contributed by atoms with Crippen molar-refractivity contribution in [3.05, 3.63) is 0 Å². The van der Waals surface area contributed by atoms with Crippen LogP contribution in [0.15, 0.2) is 5.16 Å². The minimum atomic E-state index is 0.120. The van der Waals surface area contributed by atoms with Crippen LogP contribution >= 0.6 is 0 Å². The lowest BCUT2D eigenvalue weighted by atomic mass is 9.91. The molecule has 0 bridgehead atoms. The summed E-state index contributed by atoms with van der Waals surface area (Å²) >= 11 is 0. The standard InChI is InChI=1S/C9H19NO/c1-7(2)11-10-8(3)9(4,5)6/h7H,1-6H3/b10-8+. The van der Waals surface area contributed by atoms with Crippen LogP contribution in [0.1, 0.15) is 41.5 Å². The van der Waals surface area contributed by atoms with Gasteiger partial charge in [-0.15, -0.1) is 0 Å². The predicted molar refractivity (Wildman–Crippen MR) is 48.8 cm³/mol. The minimum Gasteiger partial charge on any atom is -0.393 e. The molecule has 0 aliphatic carbocycles. The molecular weight excluding hydrogens is 138 g/mol. The second-order valence-corrected chi connectivity index (χ2v) is 4.08. The van der Waals surface area contributed by atoms with E-state index < -0.39 is 0 Å². The highest BCUT2D eigenvalue weighted by Gasteiger charge is 2.14. The van der Waals surface area contributed by atoms with E-state index in [1.54, 1.807) is 0 Å². The lowest BCUT2D eigenvalue weighted by Gasteiger charge is -2.17. The van der Waals surface area contributed by atoms with Crippen LogP contribution in [0.4, 0.5) is 0 Å². The van der Waals surface area contributed by atoms with Gasteiger partial charge in [-0.3, -0.25) is 0 Å². The second kappa shape index (κ2) is 3.74. The summed E-state index contributed by atoms with van der Waals surface area (Å²) in [5.41, 5.74) is 1.15. The molecule has 0 heterocycles. The molecule has 0 saturated heterocycles. The molecule has 2 nitrogen and oxygen atoms in total. The fourth-order valence-corrected chi connectivity index (χ4v) is 0.321. The topological polar surface area (TPSA) is 21.6 Å². The molecule has 0 amide bonds. The van der Waals surface area contributed by atoms with Crippen LogP contribution in [-0.4, -0.2) is 11.8 Å². The number of nitrogens with zero attached hydrogens (tertiary/aromatic N) is 1. The van der Waals surface area contributed by atoms with Crippen molar-refractivity contribution in [3.63, 3.8) is 0 Å². The summed E-state index contributed by atoms with van der Waals surface area (Å²) in [6.45, 7) is 12.3. The molecule has 0 aliphatic rings. The molecule has 11 heavy (non-hydrogen) atoms. The molecule has 66 valence electrons. The predicted octanol–water partition coefficient (Wildman–Crippen LogP) is 2.83. The van der Waals surface area contributed by atoms with Crippen molar-refractivity contribution in [2.45, 2.75) is 47.6 Å². The first-order valence-corrected chi connectivity index (χ1v) is 4.05. The molecule has 0 aromatic carbocycles. The number of oxime groups is 1. The Balaban J connectivity index is 4.02. The van der Waals surface area contributed by atoms with Gasteiger partial charge in [-0.05, 0) is 20.8 Å². The van der Waals surface area contributed by atoms with Gasteiger partial charge in [0.1, 0.15) is 6.10 Å². The highest BCUT2D eigenvalue weighted by atomic mass is 16.6. The Morgan fingerprint density at radius 1 is 1.27 bits per heavy atom. The molecule has 2 heteroatoms. The lowest BCUT2D eigenvalue weighted by molar-refractivity contribution is 0.0837. The molecule has 0 aromatic rings. The molecule has 0 rings (SSSR count). The molecule has 0 saturated carbocycles.